The van der Waals surface area contributed by atoms with Crippen molar-refractivity contribution in [2.75, 3.05) is 53.0 Å². The molecule has 4 aromatic carbocycles. The molecule has 4 aliphatic heterocycles. The van der Waals surface area contributed by atoms with Crippen molar-refractivity contribution >= 4 is 0 Å². The summed E-state index contributed by atoms with van der Waals surface area (Å²) in [7, 11) is 0. The van der Waals surface area contributed by atoms with Crippen LogP contribution in [-0.4, -0.2) is 53.0 Å². The van der Waals surface area contributed by atoms with Gasteiger partial charge < -0.3 is 39.1 Å². The third kappa shape index (κ3) is 6.98. The molecule has 0 spiro atoms. The first-order valence-electron chi connectivity index (χ1n) is 17.1. The van der Waals surface area contributed by atoms with Crippen molar-refractivity contribution in [1.29, 1.82) is 0 Å². The molecular weight excluding hydrogens is 630 g/mol. The van der Waals surface area contributed by atoms with Gasteiger partial charge in [0.25, 0.3) is 0 Å². The predicted octanol–water partition coefficient (Wildman–Crippen LogP) is 6.56. The van der Waals surface area contributed by atoms with Gasteiger partial charge in [-0.15, -0.1) is 0 Å². The Morgan fingerprint density at radius 2 is 1.04 bits per heavy atom. The molecule has 0 radical (unpaired) electrons. The van der Waals surface area contributed by atoms with Crippen LogP contribution < -0.4 is 39.1 Å². The van der Waals surface area contributed by atoms with Gasteiger partial charge in [0.15, 0.2) is 23.0 Å². The van der Waals surface area contributed by atoms with Gasteiger partial charge in [0.1, 0.15) is 23.1 Å². The van der Waals surface area contributed by atoms with Crippen LogP contribution in [0.2, 0.25) is 0 Å². The van der Waals surface area contributed by atoms with Crippen LogP contribution in [0.4, 0.5) is 8.78 Å². The first kappa shape index (κ1) is 31.7. The van der Waals surface area contributed by atoms with E-state index in [1.807, 2.05) is 48.5 Å². The van der Waals surface area contributed by atoms with Gasteiger partial charge in [0.2, 0.25) is 13.6 Å². The van der Waals surface area contributed by atoms with E-state index in [4.69, 9.17) is 28.4 Å². The maximum absolute atomic E-state index is 13.6. The first-order chi connectivity index (χ1) is 24.1. The maximum Gasteiger partial charge on any atom is 0.231 e. The zero-order chi connectivity index (χ0) is 33.2. The molecule has 8 rings (SSSR count). The van der Waals surface area contributed by atoms with Crippen molar-refractivity contribution in [3.05, 3.63) is 107 Å². The Morgan fingerprint density at radius 1 is 0.592 bits per heavy atom. The summed E-state index contributed by atoms with van der Waals surface area (Å²) in [4.78, 5) is 0. The van der Waals surface area contributed by atoms with E-state index in [1.165, 1.54) is 24.3 Å². The molecular formula is C39H40F2N2O6. The van der Waals surface area contributed by atoms with E-state index in [0.717, 1.165) is 61.3 Å². The molecule has 4 heterocycles. The van der Waals surface area contributed by atoms with Crippen molar-refractivity contribution < 1.29 is 37.2 Å². The minimum Gasteiger partial charge on any atom is -0.493 e. The third-order valence-corrected chi connectivity index (χ3v) is 10.2. The van der Waals surface area contributed by atoms with Crippen LogP contribution >= 0.6 is 0 Å². The summed E-state index contributed by atoms with van der Waals surface area (Å²) in [6.45, 7) is 4.73. The number of ether oxygens (including phenoxy) is 6. The predicted molar refractivity (Wildman–Crippen MR) is 179 cm³/mol. The lowest BCUT2D eigenvalue weighted by atomic mass is 9.81. The normalized spacial score (nSPS) is 22.6. The number of nitrogens with one attached hydrogen (secondary N) is 2. The molecule has 2 N–H and O–H groups in total. The Hall–Kier alpha value is -4.54. The van der Waals surface area contributed by atoms with Crippen LogP contribution in [0.5, 0.6) is 34.5 Å². The van der Waals surface area contributed by atoms with Gasteiger partial charge >= 0.3 is 0 Å². The molecule has 0 saturated carbocycles. The molecule has 10 heteroatoms. The van der Waals surface area contributed by atoms with Gasteiger partial charge in [-0.05, 0) is 85.3 Å². The fourth-order valence-electron chi connectivity index (χ4n) is 7.64. The second-order valence-electron chi connectivity index (χ2n) is 13.3. The summed E-state index contributed by atoms with van der Waals surface area (Å²) in [5.41, 5.74) is 4.08. The van der Waals surface area contributed by atoms with E-state index in [1.54, 1.807) is 0 Å². The number of rotatable bonds is 10. The van der Waals surface area contributed by atoms with E-state index in [2.05, 4.69) is 10.6 Å². The van der Waals surface area contributed by atoms with Crippen molar-refractivity contribution in [2.24, 2.45) is 11.8 Å². The average Bonchev–Trinajstić information content (AvgIpc) is 3.81. The van der Waals surface area contributed by atoms with E-state index < -0.39 is 0 Å². The van der Waals surface area contributed by atoms with E-state index in [0.29, 0.717) is 54.1 Å². The molecule has 4 aliphatic rings. The summed E-state index contributed by atoms with van der Waals surface area (Å²) in [6, 6.07) is 21.4. The number of hydrogen-bond acceptors (Lipinski definition) is 8. The fourth-order valence-corrected chi connectivity index (χ4v) is 7.64. The van der Waals surface area contributed by atoms with Crippen LogP contribution in [0.15, 0.2) is 72.8 Å². The summed E-state index contributed by atoms with van der Waals surface area (Å²) < 4.78 is 63.6. The quantitative estimate of drug-likeness (QED) is 0.197. The standard InChI is InChI=1S/C39H40F2N2O6/c40-30-5-1-24(2-6-30)34-9-11-42-18-28(34)20-44-32-14-26(38-36(16-32)46-22-48-38)13-27-15-33(17-37-39(27)49-23-47-37)45-21-29-19-43-12-10-35(29)25-3-7-31(41)8-4-25/h1-8,14-17,28-29,34-35,42-43H,9-13,18-23H2/t28-,29-,34?,35?/m1/s1. The van der Waals surface area contributed by atoms with Gasteiger partial charge in [-0.2, -0.15) is 0 Å². The Morgan fingerprint density at radius 3 is 1.49 bits per heavy atom. The molecule has 2 saturated heterocycles. The largest absolute Gasteiger partial charge is 0.493 e. The Balaban J connectivity index is 0.999. The number of benzene rings is 4. The zero-order valence-corrected chi connectivity index (χ0v) is 27.2. The molecule has 256 valence electrons. The lowest BCUT2D eigenvalue weighted by Gasteiger charge is -2.32. The number of piperidine rings is 2. The van der Waals surface area contributed by atoms with E-state index in [9.17, 15) is 8.78 Å². The minimum atomic E-state index is -0.227. The van der Waals surface area contributed by atoms with Crippen LogP contribution in [-0.2, 0) is 6.42 Å². The highest BCUT2D eigenvalue weighted by Gasteiger charge is 2.30. The van der Waals surface area contributed by atoms with Crippen molar-refractivity contribution in [2.45, 2.75) is 31.1 Å². The lowest BCUT2D eigenvalue weighted by Crippen LogP contribution is -2.38. The molecule has 0 amide bonds. The monoisotopic (exact) mass is 670 g/mol. The highest BCUT2D eigenvalue weighted by Crippen LogP contribution is 2.45. The Labute approximate surface area is 284 Å². The smallest absolute Gasteiger partial charge is 0.231 e. The van der Waals surface area contributed by atoms with E-state index >= 15 is 0 Å². The molecule has 49 heavy (non-hydrogen) atoms. The molecule has 0 aromatic heterocycles. The van der Waals surface area contributed by atoms with Crippen LogP contribution in [0, 0.1) is 23.5 Å². The summed E-state index contributed by atoms with van der Waals surface area (Å²) >= 11 is 0. The first-order valence-corrected chi connectivity index (χ1v) is 17.1. The molecule has 0 aliphatic carbocycles. The van der Waals surface area contributed by atoms with Gasteiger partial charge in [-0.25, -0.2) is 8.78 Å². The van der Waals surface area contributed by atoms with Crippen molar-refractivity contribution in [3.63, 3.8) is 0 Å². The maximum atomic E-state index is 13.6. The van der Waals surface area contributed by atoms with Gasteiger partial charge in [0.05, 0.1) is 13.2 Å². The number of halogens is 2. The highest BCUT2D eigenvalue weighted by atomic mass is 19.1. The summed E-state index contributed by atoms with van der Waals surface area (Å²) in [5.74, 6) is 4.57. The van der Waals surface area contributed by atoms with Crippen molar-refractivity contribution in [1.82, 2.24) is 10.6 Å². The van der Waals surface area contributed by atoms with Crippen LogP contribution in [0.25, 0.3) is 0 Å². The van der Waals surface area contributed by atoms with E-state index in [-0.39, 0.29) is 48.9 Å². The molecule has 2 fully saturated rings. The lowest BCUT2D eigenvalue weighted by molar-refractivity contribution is 0.172. The Kier molecular flexibility index (Phi) is 9.15. The Bertz CT molecular complexity index is 1640. The highest BCUT2D eigenvalue weighted by molar-refractivity contribution is 5.59. The van der Waals surface area contributed by atoms with Crippen LogP contribution in [0.3, 0.4) is 0 Å². The summed E-state index contributed by atoms with van der Waals surface area (Å²) in [6.07, 6.45) is 2.40. The van der Waals surface area contributed by atoms with Gasteiger partial charge in [0, 0.05) is 54.6 Å². The second kappa shape index (κ2) is 14.1. The number of fused-ring (bicyclic) bond motifs is 2. The molecule has 4 aromatic rings. The molecule has 4 atom stereocenters. The average molecular weight is 671 g/mol. The molecule has 8 nitrogen and oxygen atoms in total. The third-order valence-electron chi connectivity index (χ3n) is 10.2. The minimum absolute atomic E-state index is 0.135. The summed E-state index contributed by atoms with van der Waals surface area (Å²) in [5, 5.41) is 6.97. The zero-order valence-electron chi connectivity index (χ0n) is 27.2. The van der Waals surface area contributed by atoms with Gasteiger partial charge in [-0.3, -0.25) is 0 Å². The SMILES string of the molecule is Fc1ccc(C2CCNC[C@@H]2COc2cc(Cc3cc(OC[C@H]4CNCCC4c4ccc(F)cc4)cc4c3OCO4)c3c(c2)OCO3)cc1. The second-order valence-corrected chi connectivity index (χ2v) is 13.3. The van der Waals surface area contributed by atoms with Gasteiger partial charge in [-0.1, -0.05) is 24.3 Å². The molecule has 0 bridgehead atoms. The topological polar surface area (TPSA) is 79.4 Å². The molecule has 2 unspecified atom stereocenters. The van der Waals surface area contributed by atoms with Crippen molar-refractivity contribution in [3.8, 4) is 34.5 Å². The fraction of sp³-hybridized carbons (Fsp3) is 0.385. The van der Waals surface area contributed by atoms with Crippen LogP contribution in [0.1, 0.15) is 46.9 Å². The number of hydrogen-bond donors (Lipinski definition) is 2.